The zero-order valence-electron chi connectivity index (χ0n) is 11.8. The lowest BCUT2D eigenvalue weighted by molar-refractivity contribution is 0.102. The smallest absolute Gasteiger partial charge is 0.256 e. The zero-order chi connectivity index (χ0) is 17.1. The van der Waals surface area contributed by atoms with Crippen LogP contribution in [0.3, 0.4) is 0 Å². The quantitative estimate of drug-likeness (QED) is 0.501. The van der Waals surface area contributed by atoms with Crippen LogP contribution in [-0.4, -0.2) is 16.1 Å². The summed E-state index contributed by atoms with van der Waals surface area (Å²) < 4.78 is 14.8. The number of amides is 1. The molecule has 0 aliphatic carbocycles. The predicted molar refractivity (Wildman–Crippen MR) is 103 cm³/mol. The summed E-state index contributed by atoms with van der Waals surface area (Å²) >= 11 is 11.1. The molecule has 2 aromatic carbocycles. The first kappa shape index (κ1) is 17.6. The summed E-state index contributed by atoms with van der Waals surface area (Å²) in [4.78, 5) is 13.1. The van der Waals surface area contributed by atoms with Gasteiger partial charge in [-0.1, -0.05) is 34.7 Å². The zero-order valence-corrected chi connectivity index (χ0v) is 16.3. The number of rotatable bonds is 4. The summed E-state index contributed by atoms with van der Waals surface area (Å²) in [5.41, 5.74) is 2.46. The molecule has 0 bridgehead atoms. The van der Waals surface area contributed by atoms with Gasteiger partial charge in [-0.2, -0.15) is 0 Å². The van der Waals surface area contributed by atoms with E-state index in [2.05, 4.69) is 15.5 Å². The molecule has 0 aliphatic rings. The van der Waals surface area contributed by atoms with Gasteiger partial charge in [-0.05, 0) is 59.0 Å². The number of carbonyl (C=O) groups is 1. The van der Waals surface area contributed by atoms with Gasteiger partial charge in [0.05, 0.1) is 10.6 Å². The van der Waals surface area contributed by atoms with Gasteiger partial charge in [0, 0.05) is 14.2 Å². The van der Waals surface area contributed by atoms with Gasteiger partial charge in [0.25, 0.3) is 5.91 Å². The van der Waals surface area contributed by atoms with Crippen molar-refractivity contribution < 1.29 is 9.18 Å². The van der Waals surface area contributed by atoms with Crippen LogP contribution in [0.25, 0.3) is 0 Å². The van der Waals surface area contributed by atoms with E-state index in [0.29, 0.717) is 14.3 Å². The molecule has 3 rings (SSSR count). The van der Waals surface area contributed by atoms with Crippen molar-refractivity contribution in [2.45, 2.75) is 9.24 Å². The summed E-state index contributed by atoms with van der Waals surface area (Å²) in [6, 6.07) is 9.25. The third-order valence-electron chi connectivity index (χ3n) is 2.90. The van der Waals surface area contributed by atoms with Crippen molar-refractivity contribution in [2.75, 3.05) is 5.32 Å². The molecule has 24 heavy (non-hydrogen) atoms. The third-order valence-corrected chi connectivity index (χ3v) is 6.12. The van der Waals surface area contributed by atoms with E-state index in [1.54, 1.807) is 29.8 Å². The molecule has 4 nitrogen and oxygen atoms in total. The highest BCUT2D eigenvalue weighted by molar-refractivity contribution is 14.1. The van der Waals surface area contributed by atoms with Crippen LogP contribution >= 0.6 is 57.3 Å². The minimum atomic E-state index is -0.456. The SMILES string of the molecule is O=C(Nc1ccc(Sc2nncs2)c(Cl)c1)c1cc(F)ccc1I. The maximum Gasteiger partial charge on any atom is 0.256 e. The molecule has 122 valence electrons. The molecule has 1 N–H and O–H groups in total. The van der Waals surface area contributed by atoms with Crippen molar-refractivity contribution in [3.8, 4) is 0 Å². The third kappa shape index (κ3) is 4.24. The summed E-state index contributed by atoms with van der Waals surface area (Å²) in [5, 5.41) is 10.9. The van der Waals surface area contributed by atoms with E-state index in [1.807, 2.05) is 22.6 Å². The van der Waals surface area contributed by atoms with Gasteiger partial charge in [0.1, 0.15) is 11.3 Å². The minimum absolute atomic E-state index is 0.277. The highest BCUT2D eigenvalue weighted by Gasteiger charge is 2.13. The van der Waals surface area contributed by atoms with E-state index in [1.165, 1.54) is 35.2 Å². The van der Waals surface area contributed by atoms with E-state index in [4.69, 9.17) is 11.6 Å². The van der Waals surface area contributed by atoms with Crippen molar-refractivity contribution in [3.05, 3.63) is 61.9 Å². The Kier molecular flexibility index (Phi) is 5.69. The fourth-order valence-corrected chi connectivity index (χ4v) is 4.15. The maximum atomic E-state index is 13.3. The summed E-state index contributed by atoms with van der Waals surface area (Å²) in [7, 11) is 0. The highest BCUT2D eigenvalue weighted by atomic mass is 127. The Labute approximate surface area is 164 Å². The second kappa shape index (κ2) is 7.77. The lowest BCUT2D eigenvalue weighted by Gasteiger charge is -2.09. The standard InChI is InChI=1S/C15H8ClFIN3OS2/c16-11-6-9(2-4-13(11)24-15-21-19-7-23-15)20-14(22)10-5-8(17)1-3-12(10)18/h1-7H,(H,20,22). The lowest BCUT2D eigenvalue weighted by Crippen LogP contribution is -2.13. The summed E-state index contributed by atoms with van der Waals surface area (Å²) in [6.45, 7) is 0. The predicted octanol–water partition coefficient (Wildman–Crippen LogP) is 5.34. The van der Waals surface area contributed by atoms with E-state index < -0.39 is 5.82 Å². The van der Waals surface area contributed by atoms with E-state index in [-0.39, 0.29) is 11.5 Å². The van der Waals surface area contributed by atoms with Gasteiger partial charge in [-0.25, -0.2) is 4.39 Å². The molecule has 0 aliphatic heterocycles. The number of nitrogens with zero attached hydrogens (tertiary/aromatic N) is 2. The number of benzene rings is 2. The van der Waals surface area contributed by atoms with Gasteiger partial charge in [0.15, 0.2) is 4.34 Å². The fraction of sp³-hybridized carbons (Fsp3) is 0. The number of aromatic nitrogens is 2. The molecule has 9 heteroatoms. The first-order valence-electron chi connectivity index (χ1n) is 6.53. The van der Waals surface area contributed by atoms with Gasteiger partial charge in [-0.3, -0.25) is 4.79 Å². The lowest BCUT2D eigenvalue weighted by atomic mass is 10.2. The van der Waals surface area contributed by atoms with Crippen molar-refractivity contribution in [2.24, 2.45) is 0 Å². The first-order valence-corrected chi connectivity index (χ1v) is 9.68. The van der Waals surface area contributed by atoms with Gasteiger partial charge < -0.3 is 5.32 Å². The second-order valence-electron chi connectivity index (χ2n) is 4.53. The van der Waals surface area contributed by atoms with Crippen molar-refractivity contribution in [1.29, 1.82) is 0 Å². The van der Waals surface area contributed by atoms with Crippen LogP contribution in [0.2, 0.25) is 5.02 Å². The van der Waals surface area contributed by atoms with Crippen molar-refractivity contribution in [3.63, 3.8) is 0 Å². The molecule has 0 fully saturated rings. The molecule has 1 heterocycles. The Morgan fingerprint density at radius 2 is 2.12 bits per heavy atom. The molecule has 0 radical (unpaired) electrons. The summed E-state index contributed by atoms with van der Waals surface area (Å²) in [5.74, 6) is -0.845. The molecule has 1 amide bonds. The average Bonchev–Trinajstić information content (AvgIpc) is 3.05. The first-order chi connectivity index (χ1) is 11.5. The van der Waals surface area contributed by atoms with Crippen LogP contribution in [-0.2, 0) is 0 Å². The van der Waals surface area contributed by atoms with Crippen LogP contribution in [0.15, 0.2) is 51.1 Å². The number of carbonyl (C=O) groups excluding carboxylic acids is 1. The molecule has 0 atom stereocenters. The van der Waals surface area contributed by atoms with E-state index >= 15 is 0 Å². The van der Waals surface area contributed by atoms with Crippen LogP contribution in [0.4, 0.5) is 10.1 Å². The number of halogens is 3. The van der Waals surface area contributed by atoms with Crippen LogP contribution < -0.4 is 5.32 Å². The van der Waals surface area contributed by atoms with E-state index in [9.17, 15) is 9.18 Å². The number of anilines is 1. The molecule has 0 spiro atoms. The molecular weight excluding hydrogens is 484 g/mol. The second-order valence-corrected chi connectivity index (χ2v) is 8.22. The molecule has 1 aromatic heterocycles. The van der Waals surface area contributed by atoms with Gasteiger partial charge in [0.2, 0.25) is 0 Å². The molecule has 0 saturated carbocycles. The normalized spacial score (nSPS) is 10.6. The molecule has 3 aromatic rings. The number of hydrogen-bond acceptors (Lipinski definition) is 5. The molecular formula is C15H8ClFIN3OS2. The van der Waals surface area contributed by atoms with E-state index in [0.717, 1.165) is 9.24 Å². The largest absolute Gasteiger partial charge is 0.322 e. The fourth-order valence-electron chi connectivity index (χ4n) is 1.83. The van der Waals surface area contributed by atoms with Gasteiger partial charge in [-0.15, -0.1) is 10.2 Å². The Bertz CT molecular complexity index is 892. The van der Waals surface area contributed by atoms with Crippen LogP contribution in [0.5, 0.6) is 0 Å². The number of nitrogens with one attached hydrogen (secondary N) is 1. The maximum absolute atomic E-state index is 13.3. The Balaban J connectivity index is 1.77. The Hall–Kier alpha value is -1.23. The Morgan fingerprint density at radius 3 is 2.83 bits per heavy atom. The summed E-state index contributed by atoms with van der Waals surface area (Å²) in [6.07, 6.45) is 0. The highest BCUT2D eigenvalue weighted by Crippen LogP contribution is 2.35. The minimum Gasteiger partial charge on any atom is -0.322 e. The number of hydrogen-bond donors (Lipinski definition) is 1. The van der Waals surface area contributed by atoms with Gasteiger partial charge >= 0.3 is 0 Å². The molecule has 0 unspecified atom stereocenters. The average molecular weight is 492 g/mol. The van der Waals surface area contributed by atoms with Crippen molar-refractivity contribution in [1.82, 2.24) is 10.2 Å². The van der Waals surface area contributed by atoms with Crippen LogP contribution in [0.1, 0.15) is 10.4 Å². The Morgan fingerprint density at radius 1 is 1.29 bits per heavy atom. The monoisotopic (exact) mass is 491 g/mol. The topological polar surface area (TPSA) is 54.9 Å². The molecule has 0 saturated heterocycles. The van der Waals surface area contributed by atoms with Crippen LogP contribution in [0, 0.1) is 9.39 Å². The van der Waals surface area contributed by atoms with Crippen molar-refractivity contribution >= 4 is 68.9 Å².